The van der Waals surface area contributed by atoms with Crippen LogP contribution in [0.1, 0.15) is 60.4 Å². The molecular formula is C21H22F6LiOP. The Labute approximate surface area is 187 Å². The molecule has 0 aliphatic heterocycles. The van der Waals surface area contributed by atoms with Crippen LogP contribution in [0.25, 0.3) is 0 Å². The molecule has 2 aromatic rings. The molecule has 0 N–H and O–H groups in total. The first-order chi connectivity index (χ1) is 13.0. The molecule has 1 unspecified atom stereocenters. The predicted molar refractivity (Wildman–Crippen MR) is 104 cm³/mol. The molecule has 1 nitrogen and oxygen atoms in total. The quantitative estimate of drug-likeness (QED) is 0.401. The molecule has 0 heterocycles. The molecule has 0 aliphatic carbocycles. The summed E-state index contributed by atoms with van der Waals surface area (Å²) in [6, 6.07) is 5.33. The minimum Gasteiger partial charge on any atom is -1.00 e. The third-order valence-electron chi connectivity index (χ3n) is 4.54. The second-order valence-corrected chi connectivity index (χ2v) is 9.12. The van der Waals surface area contributed by atoms with E-state index in [-0.39, 0.29) is 25.7 Å². The first-order valence-corrected chi connectivity index (χ1v) is 9.74. The van der Waals surface area contributed by atoms with Crippen LogP contribution < -0.4 is 24.2 Å². The summed E-state index contributed by atoms with van der Waals surface area (Å²) < 4.78 is 80.1. The fourth-order valence-corrected chi connectivity index (χ4v) is 4.20. The number of carbonyl (C=O) groups excluding carboxylic acids is 1. The van der Waals surface area contributed by atoms with Crippen LogP contribution in [-0.2, 0) is 17.8 Å². The van der Waals surface area contributed by atoms with Crippen molar-refractivity contribution in [1.29, 1.82) is 0 Å². The second kappa shape index (κ2) is 9.07. The van der Waals surface area contributed by atoms with Gasteiger partial charge in [0.25, 0.3) is 0 Å². The van der Waals surface area contributed by atoms with E-state index in [1.165, 1.54) is 0 Å². The van der Waals surface area contributed by atoms with Gasteiger partial charge in [0.2, 0.25) is 0 Å². The number of alkyl halides is 6. The van der Waals surface area contributed by atoms with Gasteiger partial charge in [0.15, 0.2) is 5.52 Å². The minimum absolute atomic E-state index is 0. The van der Waals surface area contributed by atoms with Crippen molar-refractivity contribution in [3.63, 3.8) is 0 Å². The topological polar surface area (TPSA) is 17.1 Å². The summed E-state index contributed by atoms with van der Waals surface area (Å²) in [6.07, 6.45) is -10.1. The zero-order chi connectivity index (χ0) is 22.4. The third kappa shape index (κ3) is 5.90. The van der Waals surface area contributed by atoms with Gasteiger partial charge in [0.05, 0.1) is 11.1 Å². The van der Waals surface area contributed by atoms with Gasteiger partial charge in [0, 0.05) is 5.56 Å². The van der Waals surface area contributed by atoms with Crippen molar-refractivity contribution in [2.45, 2.75) is 52.4 Å². The van der Waals surface area contributed by atoms with E-state index >= 15 is 0 Å². The Morgan fingerprint density at radius 1 is 0.867 bits per heavy atom. The van der Waals surface area contributed by atoms with Gasteiger partial charge in [-0.25, -0.2) is 0 Å². The maximum Gasteiger partial charge on any atom is 1.00 e. The van der Waals surface area contributed by atoms with Crippen molar-refractivity contribution >= 4 is 19.4 Å². The summed E-state index contributed by atoms with van der Waals surface area (Å²) in [5, 5.41) is 0.466. The van der Waals surface area contributed by atoms with Crippen molar-refractivity contribution in [2.75, 3.05) is 0 Å². The SMILES string of the molecule is Cc1cc(C(C)(C)C)cc(C)c1PC(=O)c1c(C(F)(F)F)cccc1C(F)(F)F.[H-].[Li+]. The van der Waals surface area contributed by atoms with Crippen LogP contribution in [0.5, 0.6) is 0 Å². The van der Waals surface area contributed by atoms with Gasteiger partial charge in [-0.2, -0.15) is 26.3 Å². The molecule has 0 saturated carbocycles. The summed E-state index contributed by atoms with van der Waals surface area (Å²) in [5.74, 6) is 0. The van der Waals surface area contributed by atoms with Gasteiger partial charge in [-0.15, -0.1) is 0 Å². The normalized spacial score (nSPS) is 12.9. The molecule has 0 fully saturated rings. The summed E-state index contributed by atoms with van der Waals surface area (Å²) in [5.41, 5.74) is -3.50. The molecule has 9 heteroatoms. The fraction of sp³-hybridized carbons (Fsp3) is 0.381. The van der Waals surface area contributed by atoms with Crippen molar-refractivity contribution < 1.29 is 51.4 Å². The van der Waals surface area contributed by atoms with Crippen LogP contribution in [-0.4, -0.2) is 5.52 Å². The Hall–Kier alpha value is -1.28. The van der Waals surface area contributed by atoms with Gasteiger partial charge in [-0.05, 0) is 62.0 Å². The van der Waals surface area contributed by atoms with Gasteiger partial charge in [0.1, 0.15) is 0 Å². The van der Waals surface area contributed by atoms with Gasteiger partial charge < -0.3 is 1.43 Å². The van der Waals surface area contributed by atoms with Crippen molar-refractivity contribution in [1.82, 2.24) is 0 Å². The number of benzene rings is 2. The molecule has 0 saturated heterocycles. The average Bonchev–Trinajstić information content (AvgIpc) is 2.54. The molecule has 0 radical (unpaired) electrons. The molecule has 0 amide bonds. The molecule has 30 heavy (non-hydrogen) atoms. The van der Waals surface area contributed by atoms with E-state index in [9.17, 15) is 31.1 Å². The van der Waals surface area contributed by atoms with Crippen LogP contribution in [0.4, 0.5) is 26.3 Å². The van der Waals surface area contributed by atoms with Crippen LogP contribution in [0, 0.1) is 13.8 Å². The zero-order valence-corrected chi connectivity index (χ0v) is 18.6. The van der Waals surface area contributed by atoms with E-state index in [2.05, 4.69) is 0 Å². The van der Waals surface area contributed by atoms with Crippen LogP contribution >= 0.6 is 8.58 Å². The standard InChI is InChI=1S/C21H21F6OP.Li.H/c1-11-9-13(19(3,4)5)10-12(2)17(11)29-18(28)16-14(20(22,23)24)7-6-8-15(16)21(25,26)27;;/h6-10,29H,1-5H3;;/q;+1;-1. The third-order valence-corrected chi connectivity index (χ3v) is 6.06. The fourth-order valence-electron chi connectivity index (χ4n) is 3.04. The maximum absolute atomic E-state index is 13.3. The Balaban J connectivity index is 0.00000450. The van der Waals surface area contributed by atoms with Crippen molar-refractivity contribution in [3.05, 3.63) is 63.7 Å². The minimum atomic E-state index is -5.07. The van der Waals surface area contributed by atoms with E-state index in [0.717, 1.165) is 5.56 Å². The van der Waals surface area contributed by atoms with Gasteiger partial charge in [-0.1, -0.05) is 39.0 Å². The molecule has 0 aromatic heterocycles. The molecule has 160 valence electrons. The Kier molecular flexibility index (Phi) is 8.08. The smallest absolute Gasteiger partial charge is 1.00 e. The predicted octanol–water partition coefficient (Wildman–Crippen LogP) is 3.90. The Bertz CT molecular complexity index is 893. The molecule has 2 aromatic carbocycles. The van der Waals surface area contributed by atoms with E-state index in [0.29, 0.717) is 34.6 Å². The Morgan fingerprint density at radius 3 is 1.60 bits per heavy atom. The van der Waals surface area contributed by atoms with E-state index in [4.69, 9.17) is 0 Å². The van der Waals surface area contributed by atoms with E-state index in [1.807, 2.05) is 32.9 Å². The summed E-state index contributed by atoms with van der Waals surface area (Å²) >= 11 is 0. The largest absolute Gasteiger partial charge is 1.00 e. The number of aryl methyl sites for hydroxylation is 2. The first kappa shape index (κ1) is 26.8. The van der Waals surface area contributed by atoms with Crippen LogP contribution in [0.2, 0.25) is 0 Å². The average molecular weight is 442 g/mol. The van der Waals surface area contributed by atoms with Crippen LogP contribution in [0.3, 0.4) is 0 Å². The van der Waals surface area contributed by atoms with Crippen LogP contribution in [0.15, 0.2) is 30.3 Å². The molecule has 1 atom stereocenters. The monoisotopic (exact) mass is 442 g/mol. The molecule has 0 aliphatic rings. The number of halogens is 6. The summed E-state index contributed by atoms with van der Waals surface area (Å²) in [7, 11) is -0.855. The number of carbonyl (C=O) groups is 1. The number of hydrogen-bond acceptors (Lipinski definition) is 1. The first-order valence-electron chi connectivity index (χ1n) is 8.74. The number of hydrogen-bond donors (Lipinski definition) is 0. The zero-order valence-electron chi connectivity index (χ0n) is 18.6. The maximum atomic E-state index is 13.3. The summed E-state index contributed by atoms with van der Waals surface area (Å²) in [6.45, 7) is 9.38. The molecule has 0 bridgehead atoms. The Morgan fingerprint density at radius 2 is 1.27 bits per heavy atom. The van der Waals surface area contributed by atoms with Gasteiger partial charge >= 0.3 is 31.2 Å². The molecular weight excluding hydrogens is 420 g/mol. The van der Waals surface area contributed by atoms with Crippen molar-refractivity contribution in [2.24, 2.45) is 0 Å². The van der Waals surface area contributed by atoms with E-state index < -0.39 is 43.1 Å². The summed E-state index contributed by atoms with van der Waals surface area (Å²) in [4.78, 5) is 12.7. The second-order valence-electron chi connectivity index (χ2n) is 7.91. The van der Waals surface area contributed by atoms with Gasteiger partial charge in [-0.3, -0.25) is 4.79 Å². The van der Waals surface area contributed by atoms with Crippen molar-refractivity contribution in [3.8, 4) is 0 Å². The molecule has 0 spiro atoms. The molecule has 2 rings (SSSR count). The van der Waals surface area contributed by atoms with E-state index in [1.54, 1.807) is 13.8 Å². The number of rotatable bonds is 3.